The summed E-state index contributed by atoms with van der Waals surface area (Å²) in [7, 11) is 0. The van der Waals surface area contributed by atoms with Gasteiger partial charge < -0.3 is 5.73 Å². The van der Waals surface area contributed by atoms with E-state index in [2.05, 4.69) is 0 Å². The summed E-state index contributed by atoms with van der Waals surface area (Å²) >= 11 is 11.4. The highest BCUT2D eigenvalue weighted by Gasteiger charge is 2.23. The molecule has 74 valence electrons. The van der Waals surface area contributed by atoms with Crippen LogP contribution in [-0.2, 0) is 4.79 Å². The number of nitrogens with two attached hydrogens (primary N) is 1. The van der Waals surface area contributed by atoms with Crippen LogP contribution in [0.1, 0.15) is 6.92 Å². The molecule has 1 aliphatic rings. The Morgan fingerprint density at radius 2 is 2.15 bits per heavy atom. The highest BCUT2D eigenvalue weighted by Crippen LogP contribution is 2.23. The maximum absolute atomic E-state index is 11.2. The predicted molar refractivity (Wildman–Crippen MR) is 57.6 cm³/mol. The molecule has 1 unspecified atom stereocenters. The Morgan fingerprint density at radius 1 is 1.62 bits per heavy atom. The van der Waals surface area contributed by atoms with E-state index in [1.807, 2.05) is 0 Å². The molecule has 0 amide bonds. The van der Waals surface area contributed by atoms with Crippen molar-refractivity contribution in [3.8, 4) is 0 Å². The van der Waals surface area contributed by atoms with E-state index in [9.17, 15) is 4.79 Å². The lowest BCUT2D eigenvalue weighted by Crippen LogP contribution is -2.25. The molecule has 1 aliphatic carbocycles. The van der Waals surface area contributed by atoms with Crippen LogP contribution in [0.25, 0.3) is 0 Å². The lowest BCUT2D eigenvalue weighted by atomic mass is 10.0. The topological polar surface area (TPSA) is 43.1 Å². The molecule has 0 bridgehead atoms. The largest absolute Gasteiger partial charge is 0.324 e. The smallest absolute Gasteiger partial charge is 0.196 e. The molecule has 0 fully saturated rings. The predicted octanol–water partition coefficient (Wildman–Crippen LogP) is 1.99. The van der Waals surface area contributed by atoms with Crippen LogP contribution in [0, 0.1) is 0 Å². The SMILES string of the molecule is CC(N)C1=C(Cl)C(=O)[C@@H](Cl)C=C1.Cl. The average Bonchev–Trinajstić information content (AvgIpc) is 2.00. The van der Waals surface area contributed by atoms with Crippen molar-refractivity contribution in [3.63, 3.8) is 0 Å². The van der Waals surface area contributed by atoms with Gasteiger partial charge in [-0.2, -0.15) is 0 Å². The van der Waals surface area contributed by atoms with E-state index in [0.29, 0.717) is 5.57 Å². The standard InChI is InChI=1S/C8H9Cl2NO.ClH/c1-4(11)5-2-3-6(9)8(12)7(5)10;/h2-4,6H,11H2,1H3;1H/t4?,6-;/m0./s1. The van der Waals surface area contributed by atoms with Gasteiger partial charge in [-0.1, -0.05) is 23.8 Å². The summed E-state index contributed by atoms with van der Waals surface area (Å²) < 4.78 is 0. The number of rotatable bonds is 1. The number of allylic oxidation sites excluding steroid dienone is 2. The van der Waals surface area contributed by atoms with E-state index in [-0.39, 0.29) is 29.3 Å². The van der Waals surface area contributed by atoms with Crippen LogP contribution in [0.3, 0.4) is 0 Å². The molecule has 1 rings (SSSR count). The molecule has 2 N–H and O–H groups in total. The number of halogens is 3. The Hall–Kier alpha value is -0.0200. The normalized spacial score (nSPS) is 24.3. The second-order valence-electron chi connectivity index (χ2n) is 2.68. The molecular formula is C8H10Cl3NO. The van der Waals surface area contributed by atoms with E-state index in [1.165, 1.54) is 0 Å². The Bertz CT molecular complexity index is 271. The number of ketones is 1. The van der Waals surface area contributed by atoms with E-state index in [0.717, 1.165) is 0 Å². The van der Waals surface area contributed by atoms with Crippen molar-refractivity contribution in [1.82, 2.24) is 0 Å². The molecule has 0 radical (unpaired) electrons. The molecule has 0 heterocycles. The van der Waals surface area contributed by atoms with Gasteiger partial charge in [0.2, 0.25) is 0 Å². The molecule has 0 saturated heterocycles. The third-order valence-corrected chi connectivity index (χ3v) is 2.40. The van der Waals surface area contributed by atoms with Crippen LogP contribution in [0.5, 0.6) is 0 Å². The van der Waals surface area contributed by atoms with Crippen molar-refractivity contribution < 1.29 is 4.79 Å². The summed E-state index contributed by atoms with van der Waals surface area (Å²) in [5.74, 6) is -0.270. The number of alkyl halides is 1. The number of carbonyl (C=O) groups excluding carboxylic acids is 1. The van der Waals surface area contributed by atoms with Crippen LogP contribution in [0.2, 0.25) is 0 Å². The lowest BCUT2D eigenvalue weighted by Gasteiger charge is -2.15. The van der Waals surface area contributed by atoms with Gasteiger partial charge in [0.1, 0.15) is 5.38 Å². The van der Waals surface area contributed by atoms with Crippen molar-refractivity contribution in [3.05, 3.63) is 22.8 Å². The highest BCUT2D eigenvalue weighted by atomic mass is 35.5. The highest BCUT2D eigenvalue weighted by molar-refractivity contribution is 6.49. The monoisotopic (exact) mass is 241 g/mol. The van der Waals surface area contributed by atoms with Gasteiger partial charge in [-0.3, -0.25) is 4.79 Å². The maximum atomic E-state index is 11.2. The van der Waals surface area contributed by atoms with Gasteiger partial charge in [-0.25, -0.2) is 0 Å². The summed E-state index contributed by atoms with van der Waals surface area (Å²) in [6.45, 7) is 1.77. The fraction of sp³-hybridized carbons (Fsp3) is 0.375. The fourth-order valence-corrected chi connectivity index (χ4v) is 1.55. The second-order valence-corrected chi connectivity index (χ2v) is 3.53. The van der Waals surface area contributed by atoms with Crippen LogP contribution >= 0.6 is 35.6 Å². The second kappa shape index (κ2) is 5.01. The molecule has 0 aromatic carbocycles. The summed E-state index contributed by atoms with van der Waals surface area (Å²) in [6.07, 6.45) is 3.29. The van der Waals surface area contributed by atoms with Crippen molar-refractivity contribution in [1.29, 1.82) is 0 Å². The Labute approximate surface area is 93.2 Å². The zero-order chi connectivity index (χ0) is 9.30. The van der Waals surface area contributed by atoms with Gasteiger partial charge >= 0.3 is 0 Å². The average molecular weight is 243 g/mol. The summed E-state index contributed by atoms with van der Waals surface area (Å²) in [4.78, 5) is 11.2. The van der Waals surface area contributed by atoms with E-state index >= 15 is 0 Å². The fourth-order valence-electron chi connectivity index (χ4n) is 0.964. The van der Waals surface area contributed by atoms with Crippen molar-refractivity contribution in [2.75, 3.05) is 0 Å². The van der Waals surface area contributed by atoms with Crippen LogP contribution in [-0.4, -0.2) is 17.2 Å². The number of hydrogen-bond donors (Lipinski definition) is 1. The van der Waals surface area contributed by atoms with Gasteiger partial charge in [-0.15, -0.1) is 24.0 Å². The number of hydrogen-bond acceptors (Lipinski definition) is 2. The quantitative estimate of drug-likeness (QED) is 0.715. The number of Topliss-reactive ketones (excluding diaryl/α,β-unsaturated/α-hetero) is 1. The zero-order valence-corrected chi connectivity index (χ0v) is 9.29. The van der Waals surface area contributed by atoms with Gasteiger partial charge in [0.25, 0.3) is 0 Å². The van der Waals surface area contributed by atoms with Gasteiger partial charge in [0.05, 0.1) is 5.03 Å². The zero-order valence-electron chi connectivity index (χ0n) is 6.96. The van der Waals surface area contributed by atoms with E-state index in [4.69, 9.17) is 28.9 Å². The first-order valence-electron chi connectivity index (χ1n) is 3.55. The van der Waals surface area contributed by atoms with Gasteiger partial charge in [0, 0.05) is 6.04 Å². The summed E-state index contributed by atoms with van der Waals surface area (Å²) in [6, 6.07) is -0.234. The summed E-state index contributed by atoms with van der Waals surface area (Å²) in [5, 5.41) is -0.479. The third-order valence-electron chi connectivity index (χ3n) is 1.66. The summed E-state index contributed by atoms with van der Waals surface area (Å²) in [5.41, 5.74) is 6.23. The molecule has 0 aliphatic heterocycles. The molecule has 2 nitrogen and oxygen atoms in total. The third kappa shape index (κ3) is 2.71. The van der Waals surface area contributed by atoms with Crippen LogP contribution in [0.4, 0.5) is 0 Å². The first-order valence-corrected chi connectivity index (χ1v) is 4.37. The van der Waals surface area contributed by atoms with Gasteiger partial charge in [0.15, 0.2) is 5.78 Å². The van der Waals surface area contributed by atoms with E-state index < -0.39 is 5.38 Å². The van der Waals surface area contributed by atoms with Crippen molar-refractivity contribution in [2.24, 2.45) is 5.73 Å². The number of carbonyl (C=O) groups is 1. The first kappa shape index (κ1) is 13.0. The molecular weight excluding hydrogens is 232 g/mol. The van der Waals surface area contributed by atoms with Crippen LogP contribution < -0.4 is 5.73 Å². The molecule has 0 aromatic rings. The Morgan fingerprint density at radius 3 is 2.62 bits per heavy atom. The minimum Gasteiger partial charge on any atom is -0.324 e. The molecule has 13 heavy (non-hydrogen) atoms. The van der Waals surface area contributed by atoms with Crippen molar-refractivity contribution >= 4 is 41.4 Å². The lowest BCUT2D eigenvalue weighted by molar-refractivity contribution is -0.114. The molecule has 0 saturated carbocycles. The maximum Gasteiger partial charge on any atom is 0.196 e. The van der Waals surface area contributed by atoms with Crippen molar-refractivity contribution in [2.45, 2.75) is 18.3 Å². The molecule has 5 heteroatoms. The first-order chi connectivity index (χ1) is 5.54. The molecule has 0 spiro atoms. The minimum absolute atomic E-state index is 0. The minimum atomic E-state index is -0.639. The molecule has 2 atom stereocenters. The van der Waals surface area contributed by atoms with Crippen LogP contribution in [0.15, 0.2) is 22.8 Å². The Kier molecular flexibility index (Phi) is 5.00. The van der Waals surface area contributed by atoms with E-state index in [1.54, 1.807) is 19.1 Å². The molecule has 0 aromatic heterocycles. The van der Waals surface area contributed by atoms with Gasteiger partial charge in [-0.05, 0) is 12.5 Å². The Balaban J connectivity index is 0.00000144.